The number of carbonyl (C=O) groups excluding carboxylic acids is 1. The summed E-state index contributed by atoms with van der Waals surface area (Å²) in [6, 6.07) is 3.90. The van der Waals surface area contributed by atoms with Gasteiger partial charge in [-0.2, -0.15) is 0 Å². The van der Waals surface area contributed by atoms with Gasteiger partial charge >= 0.3 is 0 Å². The predicted molar refractivity (Wildman–Crippen MR) is 75.2 cm³/mol. The van der Waals surface area contributed by atoms with Crippen LogP contribution in [-0.2, 0) is 11.3 Å². The van der Waals surface area contributed by atoms with Crippen LogP contribution >= 0.6 is 0 Å². The smallest absolute Gasteiger partial charge is 0.223 e. The molecule has 1 saturated carbocycles. The van der Waals surface area contributed by atoms with E-state index in [1.807, 2.05) is 29.8 Å². The van der Waals surface area contributed by atoms with Gasteiger partial charge in [-0.1, -0.05) is 6.92 Å². The van der Waals surface area contributed by atoms with E-state index in [-0.39, 0.29) is 11.8 Å². The second-order valence-electron chi connectivity index (χ2n) is 5.40. The van der Waals surface area contributed by atoms with Crippen LogP contribution in [0, 0.1) is 18.8 Å². The van der Waals surface area contributed by atoms with Gasteiger partial charge in [0.25, 0.3) is 0 Å². The van der Waals surface area contributed by atoms with Crippen molar-refractivity contribution in [2.75, 3.05) is 0 Å². The molecule has 2 aromatic rings. The molecule has 1 aliphatic carbocycles. The third kappa shape index (κ3) is 2.57. The fraction of sp³-hybridized carbons (Fsp3) is 0.400. The molecule has 2 atom stereocenters. The second kappa shape index (κ2) is 5.07. The molecule has 1 aliphatic rings. The lowest BCUT2D eigenvalue weighted by Crippen LogP contribution is -2.24. The van der Waals surface area contributed by atoms with E-state index in [0.29, 0.717) is 12.5 Å². The van der Waals surface area contributed by atoms with Crippen LogP contribution in [0.3, 0.4) is 0 Å². The number of hydrogen-bond donors (Lipinski definition) is 1. The number of nitrogens with zero attached hydrogens (tertiary/aromatic N) is 3. The lowest BCUT2D eigenvalue weighted by molar-refractivity contribution is -0.122. The lowest BCUT2D eigenvalue weighted by atomic mass is 10.2. The summed E-state index contributed by atoms with van der Waals surface area (Å²) in [6.45, 7) is 4.59. The highest BCUT2D eigenvalue weighted by Gasteiger charge is 2.38. The van der Waals surface area contributed by atoms with E-state index >= 15 is 0 Å². The molecule has 20 heavy (non-hydrogen) atoms. The van der Waals surface area contributed by atoms with E-state index in [2.05, 4.69) is 22.2 Å². The van der Waals surface area contributed by atoms with Gasteiger partial charge in [-0.3, -0.25) is 9.36 Å². The van der Waals surface area contributed by atoms with Gasteiger partial charge in [-0.15, -0.1) is 0 Å². The minimum absolute atomic E-state index is 0.162. The van der Waals surface area contributed by atoms with E-state index in [1.54, 1.807) is 12.4 Å². The van der Waals surface area contributed by atoms with Crippen LogP contribution in [0.2, 0.25) is 0 Å². The van der Waals surface area contributed by atoms with Crippen molar-refractivity contribution in [1.82, 2.24) is 19.9 Å². The Balaban J connectivity index is 1.69. The molecule has 5 heteroatoms. The number of aromatic nitrogens is 3. The Kier molecular flexibility index (Phi) is 3.26. The van der Waals surface area contributed by atoms with E-state index in [9.17, 15) is 4.79 Å². The van der Waals surface area contributed by atoms with Gasteiger partial charge in [0.2, 0.25) is 5.91 Å². The highest BCUT2D eigenvalue weighted by atomic mass is 16.2. The Morgan fingerprint density at radius 2 is 2.25 bits per heavy atom. The molecule has 0 bridgehead atoms. The van der Waals surface area contributed by atoms with Crippen molar-refractivity contribution in [2.45, 2.75) is 26.8 Å². The summed E-state index contributed by atoms with van der Waals surface area (Å²) >= 11 is 0. The molecule has 0 unspecified atom stereocenters. The van der Waals surface area contributed by atoms with Gasteiger partial charge in [-0.05, 0) is 37.0 Å². The topological polar surface area (TPSA) is 59.8 Å². The zero-order valence-electron chi connectivity index (χ0n) is 11.7. The van der Waals surface area contributed by atoms with Crippen molar-refractivity contribution in [1.29, 1.82) is 0 Å². The summed E-state index contributed by atoms with van der Waals surface area (Å²) in [5.41, 5.74) is 1.05. The number of nitrogens with one attached hydrogen (secondary N) is 1. The third-order valence-electron chi connectivity index (χ3n) is 3.80. The summed E-state index contributed by atoms with van der Waals surface area (Å²) in [7, 11) is 0. The SMILES string of the molecule is Cc1nccn1-c1cc(CNC(=O)[C@H]2C[C@H]2C)ccn1. The molecule has 0 saturated heterocycles. The molecule has 1 N–H and O–H groups in total. The number of rotatable bonds is 4. The van der Waals surface area contributed by atoms with Gasteiger partial charge in [-0.25, -0.2) is 9.97 Å². The van der Waals surface area contributed by atoms with Crippen molar-refractivity contribution < 1.29 is 4.79 Å². The van der Waals surface area contributed by atoms with Gasteiger partial charge in [0.1, 0.15) is 11.6 Å². The number of amides is 1. The lowest BCUT2D eigenvalue weighted by Gasteiger charge is -2.08. The quantitative estimate of drug-likeness (QED) is 0.922. The van der Waals surface area contributed by atoms with Crippen LogP contribution in [0.25, 0.3) is 5.82 Å². The summed E-state index contributed by atoms with van der Waals surface area (Å²) in [6.07, 6.45) is 6.41. The molecular formula is C15H18N4O. The highest BCUT2D eigenvalue weighted by molar-refractivity contribution is 5.81. The first-order valence-corrected chi connectivity index (χ1v) is 6.88. The maximum atomic E-state index is 11.8. The normalized spacial score (nSPS) is 20.7. The van der Waals surface area contributed by atoms with Crippen LogP contribution < -0.4 is 5.32 Å². The molecule has 0 spiro atoms. The number of carbonyl (C=O) groups is 1. The predicted octanol–water partition coefficient (Wildman–Crippen LogP) is 1.85. The maximum Gasteiger partial charge on any atom is 0.223 e. The van der Waals surface area contributed by atoms with Crippen molar-refractivity contribution in [2.24, 2.45) is 11.8 Å². The Morgan fingerprint density at radius 1 is 1.45 bits per heavy atom. The molecular weight excluding hydrogens is 252 g/mol. The number of hydrogen-bond acceptors (Lipinski definition) is 3. The molecule has 2 aromatic heterocycles. The molecule has 0 aliphatic heterocycles. The molecule has 0 radical (unpaired) electrons. The van der Waals surface area contributed by atoms with Crippen LogP contribution in [0.1, 0.15) is 24.7 Å². The van der Waals surface area contributed by atoms with E-state index in [4.69, 9.17) is 0 Å². The average Bonchev–Trinajstić information content (AvgIpc) is 3.02. The molecule has 1 amide bonds. The zero-order chi connectivity index (χ0) is 14.1. The van der Waals surface area contributed by atoms with E-state index in [0.717, 1.165) is 23.6 Å². The van der Waals surface area contributed by atoms with Crippen LogP contribution in [-0.4, -0.2) is 20.4 Å². The van der Waals surface area contributed by atoms with Gasteiger partial charge in [0.05, 0.1) is 0 Å². The van der Waals surface area contributed by atoms with Crippen molar-refractivity contribution in [3.63, 3.8) is 0 Å². The number of aryl methyl sites for hydroxylation is 1. The van der Waals surface area contributed by atoms with Crippen LogP contribution in [0.5, 0.6) is 0 Å². The first-order chi connectivity index (χ1) is 9.65. The minimum atomic E-state index is 0.162. The summed E-state index contributed by atoms with van der Waals surface area (Å²) in [5, 5.41) is 2.99. The van der Waals surface area contributed by atoms with Gasteiger partial charge < -0.3 is 5.32 Å². The standard InChI is InChI=1S/C15H18N4O/c1-10-7-13(10)15(20)18-9-12-3-4-17-14(8-12)19-6-5-16-11(19)2/h3-6,8,10,13H,7,9H2,1-2H3,(H,18,20)/t10-,13+/m1/s1. The fourth-order valence-corrected chi connectivity index (χ4v) is 2.33. The van der Waals surface area contributed by atoms with Crippen LogP contribution in [0.15, 0.2) is 30.7 Å². The Hall–Kier alpha value is -2.17. The minimum Gasteiger partial charge on any atom is -0.352 e. The second-order valence-corrected chi connectivity index (χ2v) is 5.40. The van der Waals surface area contributed by atoms with Crippen molar-refractivity contribution in [3.05, 3.63) is 42.1 Å². The monoisotopic (exact) mass is 270 g/mol. The first kappa shape index (κ1) is 12.8. The third-order valence-corrected chi connectivity index (χ3v) is 3.80. The van der Waals surface area contributed by atoms with Gasteiger partial charge in [0, 0.05) is 31.1 Å². The van der Waals surface area contributed by atoms with Crippen molar-refractivity contribution >= 4 is 5.91 Å². The molecule has 104 valence electrons. The Morgan fingerprint density at radius 3 is 2.90 bits per heavy atom. The van der Waals surface area contributed by atoms with Crippen molar-refractivity contribution in [3.8, 4) is 5.82 Å². The zero-order valence-corrected chi connectivity index (χ0v) is 11.7. The average molecular weight is 270 g/mol. The fourth-order valence-electron chi connectivity index (χ4n) is 2.33. The molecule has 5 nitrogen and oxygen atoms in total. The molecule has 2 heterocycles. The molecule has 3 rings (SSSR count). The first-order valence-electron chi connectivity index (χ1n) is 6.88. The van der Waals surface area contributed by atoms with E-state index < -0.39 is 0 Å². The largest absolute Gasteiger partial charge is 0.352 e. The van der Waals surface area contributed by atoms with Crippen LogP contribution in [0.4, 0.5) is 0 Å². The Bertz CT molecular complexity index is 634. The Labute approximate surface area is 118 Å². The number of imidazole rings is 1. The molecule has 0 aromatic carbocycles. The number of pyridine rings is 1. The highest BCUT2D eigenvalue weighted by Crippen LogP contribution is 2.37. The molecule has 1 fully saturated rings. The van der Waals surface area contributed by atoms with E-state index in [1.165, 1.54) is 0 Å². The maximum absolute atomic E-state index is 11.8. The van der Waals surface area contributed by atoms with Gasteiger partial charge in [0.15, 0.2) is 0 Å². The summed E-state index contributed by atoms with van der Waals surface area (Å²) in [4.78, 5) is 20.3. The summed E-state index contributed by atoms with van der Waals surface area (Å²) in [5.74, 6) is 2.63. The summed E-state index contributed by atoms with van der Waals surface area (Å²) < 4.78 is 1.92.